The van der Waals surface area contributed by atoms with Gasteiger partial charge in [0.05, 0.1) is 0 Å². The van der Waals surface area contributed by atoms with Gasteiger partial charge < -0.3 is 15.3 Å². The van der Waals surface area contributed by atoms with Crippen LogP contribution in [0.2, 0.25) is 0 Å². The predicted octanol–water partition coefficient (Wildman–Crippen LogP) is 2.51. The Balaban J connectivity index is 1.76. The molecule has 0 aromatic heterocycles. The van der Waals surface area contributed by atoms with Gasteiger partial charge in [0.2, 0.25) is 0 Å². The molecule has 1 saturated heterocycles. The van der Waals surface area contributed by atoms with Crippen molar-refractivity contribution in [2.75, 3.05) is 19.7 Å². The highest BCUT2D eigenvalue weighted by Crippen LogP contribution is 2.23. The lowest BCUT2D eigenvalue weighted by atomic mass is 9.89. The maximum absolute atomic E-state index is 12.3. The smallest absolute Gasteiger partial charge is 0.317 e. The van der Waals surface area contributed by atoms with Gasteiger partial charge in [0.25, 0.3) is 0 Å². The van der Waals surface area contributed by atoms with E-state index in [9.17, 15) is 4.79 Å². The van der Waals surface area contributed by atoms with Crippen molar-refractivity contribution in [1.29, 1.82) is 0 Å². The third kappa shape index (κ3) is 4.37. The number of hydrogen-bond acceptors (Lipinski definition) is 2. The lowest BCUT2D eigenvalue weighted by Crippen LogP contribution is -2.49. The van der Waals surface area contributed by atoms with Crippen molar-refractivity contribution in [3.63, 3.8) is 0 Å². The number of nitrogens with zero attached hydrogens (tertiary/aromatic N) is 1. The molecule has 1 atom stereocenters. The summed E-state index contributed by atoms with van der Waals surface area (Å²) >= 11 is 0. The fourth-order valence-corrected chi connectivity index (χ4v) is 3.44. The minimum atomic E-state index is 0.0868. The van der Waals surface area contributed by atoms with Crippen molar-refractivity contribution in [3.8, 4) is 0 Å². The molecule has 0 aromatic carbocycles. The molecule has 19 heavy (non-hydrogen) atoms. The first-order chi connectivity index (χ1) is 9.31. The van der Waals surface area contributed by atoms with Crippen LogP contribution in [0.25, 0.3) is 0 Å². The molecule has 0 bridgehead atoms. The van der Waals surface area contributed by atoms with Crippen LogP contribution in [0.3, 0.4) is 0 Å². The van der Waals surface area contributed by atoms with Crippen LogP contribution < -0.4 is 5.32 Å². The van der Waals surface area contributed by atoms with E-state index in [1.165, 1.54) is 38.5 Å². The topological polar surface area (TPSA) is 52.6 Å². The van der Waals surface area contributed by atoms with Gasteiger partial charge in [-0.25, -0.2) is 4.79 Å². The first-order valence-corrected chi connectivity index (χ1v) is 7.96. The molecule has 2 N–H and O–H groups in total. The number of aliphatic hydroxyl groups is 1. The molecule has 1 saturated carbocycles. The van der Waals surface area contributed by atoms with E-state index in [-0.39, 0.29) is 18.7 Å². The normalized spacial score (nSPS) is 25.3. The number of aliphatic hydroxyl groups excluding tert-OH is 1. The summed E-state index contributed by atoms with van der Waals surface area (Å²) in [7, 11) is 0. The zero-order valence-corrected chi connectivity index (χ0v) is 11.9. The fourth-order valence-electron chi connectivity index (χ4n) is 3.44. The molecule has 2 amide bonds. The van der Waals surface area contributed by atoms with E-state index in [1.807, 2.05) is 4.90 Å². The molecular formula is C15H28N2O2. The maximum Gasteiger partial charge on any atom is 0.317 e. The van der Waals surface area contributed by atoms with Crippen LogP contribution in [0.5, 0.6) is 0 Å². The summed E-state index contributed by atoms with van der Waals surface area (Å²) < 4.78 is 0. The standard InChI is InChI=1S/C15H28N2O2/c18-11-9-14-8-4-5-10-17(14)15(19)16-12-13-6-2-1-3-7-13/h13-14,18H,1-12H2,(H,16,19). The van der Waals surface area contributed by atoms with Crippen molar-refractivity contribution >= 4 is 6.03 Å². The molecule has 2 fully saturated rings. The number of carbonyl (C=O) groups is 1. The third-order valence-corrected chi connectivity index (χ3v) is 4.62. The van der Waals surface area contributed by atoms with E-state index in [0.29, 0.717) is 5.92 Å². The molecule has 1 heterocycles. The summed E-state index contributed by atoms with van der Waals surface area (Å²) in [4.78, 5) is 14.2. The Bertz CT molecular complexity index is 275. The number of rotatable bonds is 4. The van der Waals surface area contributed by atoms with E-state index < -0.39 is 0 Å². The highest BCUT2D eigenvalue weighted by molar-refractivity contribution is 5.74. The molecular weight excluding hydrogens is 240 g/mol. The van der Waals surface area contributed by atoms with Gasteiger partial charge in [-0.05, 0) is 44.4 Å². The molecule has 0 radical (unpaired) electrons. The van der Waals surface area contributed by atoms with Gasteiger partial charge in [-0.3, -0.25) is 0 Å². The summed E-state index contributed by atoms with van der Waals surface area (Å²) in [5.41, 5.74) is 0. The Morgan fingerprint density at radius 1 is 1.11 bits per heavy atom. The first kappa shape index (κ1) is 14.6. The number of carbonyl (C=O) groups excluding carboxylic acids is 1. The second-order valence-corrected chi connectivity index (χ2v) is 6.05. The molecule has 4 heteroatoms. The Kier molecular flexibility index (Phi) is 5.95. The highest BCUT2D eigenvalue weighted by atomic mass is 16.3. The summed E-state index contributed by atoms with van der Waals surface area (Å²) in [5.74, 6) is 0.679. The van der Waals surface area contributed by atoms with Gasteiger partial charge in [-0.2, -0.15) is 0 Å². The van der Waals surface area contributed by atoms with E-state index in [1.54, 1.807) is 0 Å². The summed E-state index contributed by atoms with van der Waals surface area (Å²) in [6.45, 7) is 1.86. The number of hydrogen-bond donors (Lipinski definition) is 2. The Labute approximate surface area is 116 Å². The average Bonchev–Trinajstić information content (AvgIpc) is 2.47. The molecule has 1 unspecified atom stereocenters. The van der Waals surface area contributed by atoms with Crippen LogP contribution in [0.15, 0.2) is 0 Å². The minimum Gasteiger partial charge on any atom is -0.396 e. The van der Waals surface area contributed by atoms with Crippen molar-refractivity contribution < 1.29 is 9.90 Å². The fraction of sp³-hybridized carbons (Fsp3) is 0.933. The van der Waals surface area contributed by atoms with Crippen LogP contribution in [0.1, 0.15) is 57.8 Å². The lowest BCUT2D eigenvalue weighted by Gasteiger charge is -2.36. The molecule has 0 aromatic rings. The van der Waals surface area contributed by atoms with E-state index in [4.69, 9.17) is 5.11 Å². The molecule has 4 nitrogen and oxygen atoms in total. The number of likely N-dealkylation sites (tertiary alicyclic amines) is 1. The molecule has 1 aliphatic carbocycles. The third-order valence-electron chi connectivity index (χ3n) is 4.62. The summed E-state index contributed by atoms with van der Waals surface area (Å²) in [5, 5.41) is 12.2. The lowest BCUT2D eigenvalue weighted by molar-refractivity contribution is 0.130. The van der Waals surface area contributed by atoms with Gasteiger partial charge in [0.15, 0.2) is 0 Å². The summed E-state index contributed by atoms with van der Waals surface area (Å²) in [6, 6.07) is 0.328. The zero-order chi connectivity index (χ0) is 13.5. The van der Waals surface area contributed by atoms with E-state index in [0.717, 1.165) is 32.4 Å². The highest BCUT2D eigenvalue weighted by Gasteiger charge is 2.26. The second kappa shape index (κ2) is 7.73. The van der Waals surface area contributed by atoms with Gasteiger partial charge in [0.1, 0.15) is 0 Å². The average molecular weight is 268 g/mol. The van der Waals surface area contributed by atoms with Crippen molar-refractivity contribution in [2.24, 2.45) is 5.92 Å². The SMILES string of the molecule is O=C(NCC1CCCCC1)N1CCCCC1CCO. The van der Waals surface area contributed by atoms with Crippen LogP contribution in [0, 0.1) is 5.92 Å². The van der Waals surface area contributed by atoms with Gasteiger partial charge >= 0.3 is 6.03 Å². The number of amides is 2. The van der Waals surface area contributed by atoms with E-state index >= 15 is 0 Å². The number of piperidine rings is 1. The Hall–Kier alpha value is -0.770. The van der Waals surface area contributed by atoms with Gasteiger partial charge in [-0.1, -0.05) is 19.3 Å². The second-order valence-electron chi connectivity index (χ2n) is 6.05. The van der Waals surface area contributed by atoms with Crippen LogP contribution in [-0.2, 0) is 0 Å². The molecule has 2 aliphatic rings. The van der Waals surface area contributed by atoms with Gasteiger partial charge in [0, 0.05) is 25.7 Å². The molecule has 0 spiro atoms. The molecule has 2 rings (SSSR count). The predicted molar refractivity (Wildman–Crippen MR) is 76.0 cm³/mol. The monoisotopic (exact) mass is 268 g/mol. The Morgan fingerprint density at radius 3 is 2.58 bits per heavy atom. The Morgan fingerprint density at radius 2 is 1.84 bits per heavy atom. The van der Waals surface area contributed by atoms with Crippen LogP contribution in [0.4, 0.5) is 4.79 Å². The first-order valence-electron chi connectivity index (χ1n) is 7.96. The zero-order valence-electron chi connectivity index (χ0n) is 11.9. The number of nitrogens with one attached hydrogen (secondary N) is 1. The van der Waals surface area contributed by atoms with Crippen molar-refractivity contribution in [3.05, 3.63) is 0 Å². The quantitative estimate of drug-likeness (QED) is 0.823. The van der Waals surface area contributed by atoms with Gasteiger partial charge in [-0.15, -0.1) is 0 Å². The van der Waals surface area contributed by atoms with E-state index in [2.05, 4.69) is 5.32 Å². The van der Waals surface area contributed by atoms with Crippen molar-refractivity contribution in [1.82, 2.24) is 10.2 Å². The van der Waals surface area contributed by atoms with Crippen LogP contribution >= 0.6 is 0 Å². The number of urea groups is 1. The minimum absolute atomic E-state index is 0.0868. The van der Waals surface area contributed by atoms with Crippen molar-refractivity contribution in [2.45, 2.75) is 63.8 Å². The molecule has 110 valence electrons. The largest absolute Gasteiger partial charge is 0.396 e. The molecule has 1 aliphatic heterocycles. The maximum atomic E-state index is 12.3. The summed E-state index contributed by atoms with van der Waals surface area (Å²) in [6.07, 6.45) is 10.6. The van der Waals surface area contributed by atoms with Crippen LogP contribution in [-0.4, -0.2) is 41.8 Å².